The summed E-state index contributed by atoms with van der Waals surface area (Å²) in [7, 11) is 0. The van der Waals surface area contributed by atoms with Gasteiger partial charge in [0, 0.05) is 41.9 Å². The van der Waals surface area contributed by atoms with E-state index in [1.54, 1.807) is 12.1 Å². The lowest BCUT2D eigenvalue weighted by Crippen LogP contribution is -2.18. The molecule has 0 unspecified atom stereocenters. The first-order valence-electron chi connectivity index (χ1n) is 11.8. The molecule has 1 aliphatic rings. The zero-order valence-electron chi connectivity index (χ0n) is 19.6. The van der Waals surface area contributed by atoms with Gasteiger partial charge in [-0.1, -0.05) is 42.5 Å². The van der Waals surface area contributed by atoms with E-state index in [4.69, 9.17) is 9.47 Å². The van der Waals surface area contributed by atoms with E-state index in [0.717, 1.165) is 37.0 Å². The number of benzene rings is 3. The van der Waals surface area contributed by atoms with E-state index in [1.807, 2.05) is 60.9 Å². The van der Waals surface area contributed by atoms with Crippen molar-refractivity contribution in [2.75, 3.05) is 26.3 Å². The number of halogens is 2. The van der Waals surface area contributed by atoms with Crippen LogP contribution in [0.4, 0.5) is 8.78 Å². The quantitative estimate of drug-likeness (QED) is 0.273. The lowest BCUT2D eigenvalue weighted by molar-refractivity contribution is 0.212. The van der Waals surface area contributed by atoms with E-state index in [-0.39, 0.29) is 12.2 Å². The zero-order chi connectivity index (χ0) is 24.7. The Morgan fingerprint density at radius 1 is 0.806 bits per heavy atom. The summed E-state index contributed by atoms with van der Waals surface area (Å²) in [5.74, 6) is -0.111. The van der Waals surface area contributed by atoms with Gasteiger partial charge in [-0.25, -0.2) is 13.8 Å². The van der Waals surface area contributed by atoms with Gasteiger partial charge in [0.25, 0.3) is 0 Å². The predicted octanol–water partition coefficient (Wildman–Crippen LogP) is 6.00. The Morgan fingerprint density at radius 3 is 2.33 bits per heavy atom. The molecule has 0 saturated carbocycles. The predicted molar refractivity (Wildman–Crippen MR) is 136 cm³/mol. The molecule has 1 aromatic heterocycles. The molecule has 0 radical (unpaired) electrons. The van der Waals surface area contributed by atoms with Gasteiger partial charge in [0.1, 0.15) is 30.6 Å². The van der Waals surface area contributed by atoms with Crippen LogP contribution in [0, 0.1) is 11.6 Å². The SMILES string of the molecule is Fc1ccc(-c2ccc(OCCOc3ccc(CN4C=NCC4)cc3)nc2-c2ccccc2)c(F)c1. The zero-order valence-corrected chi connectivity index (χ0v) is 19.6. The first-order valence-corrected chi connectivity index (χ1v) is 11.8. The van der Waals surface area contributed by atoms with Crippen LogP contribution in [0.25, 0.3) is 22.4 Å². The van der Waals surface area contributed by atoms with Gasteiger partial charge in [-0.05, 0) is 35.9 Å². The van der Waals surface area contributed by atoms with Crippen molar-refractivity contribution in [3.05, 3.63) is 102 Å². The van der Waals surface area contributed by atoms with Gasteiger partial charge in [0.2, 0.25) is 5.88 Å². The molecule has 0 atom stereocenters. The maximum absolute atomic E-state index is 14.5. The van der Waals surface area contributed by atoms with E-state index in [0.29, 0.717) is 23.7 Å². The summed E-state index contributed by atoms with van der Waals surface area (Å²) in [6, 6.07) is 24.4. The second-order valence-corrected chi connectivity index (χ2v) is 8.37. The highest BCUT2D eigenvalue weighted by Gasteiger charge is 2.15. The van der Waals surface area contributed by atoms with E-state index in [9.17, 15) is 8.78 Å². The van der Waals surface area contributed by atoms with Crippen LogP contribution < -0.4 is 9.47 Å². The van der Waals surface area contributed by atoms with Crippen LogP contribution in [0.1, 0.15) is 5.56 Å². The van der Waals surface area contributed by atoms with Gasteiger partial charge in [0.15, 0.2) is 0 Å². The van der Waals surface area contributed by atoms with Crippen molar-refractivity contribution in [2.24, 2.45) is 4.99 Å². The molecule has 0 N–H and O–H groups in total. The summed E-state index contributed by atoms with van der Waals surface area (Å²) in [6.07, 6.45) is 1.89. The summed E-state index contributed by atoms with van der Waals surface area (Å²) in [5, 5.41) is 0. The Balaban J connectivity index is 1.24. The lowest BCUT2D eigenvalue weighted by atomic mass is 9.99. The molecule has 0 bridgehead atoms. The maximum Gasteiger partial charge on any atom is 0.213 e. The molecule has 0 aliphatic carbocycles. The first-order chi connectivity index (χ1) is 17.7. The summed E-state index contributed by atoms with van der Waals surface area (Å²) < 4.78 is 39.6. The lowest BCUT2D eigenvalue weighted by Gasteiger charge is -2.14. The van der Waals surface area contributed by atoms with Crippen LogP contribution in [0.5, 0.6) is 11.6 Å². The third kappa shape index (κ3) is 5.68. The molecule has 1 aliphatic heterocycles. The Hall–Kier alpha value is -4.26. The molecule has 7 heteroatoms. The number of hydrogen-bond acceptors (Lipinski definition) is 5. The Bertz CT molecular complexity index is 1340. The highest BCUT2D eigenvalue weighted by molar-refractivity contribution is 5.81. The van der Waals surface area contributed by atoms with Crippen molar-refractivity contribution in [1.29, 1.82) is 0 Å². The van der Waals surface area contributed by atoms with Crippen LogP contribution in [0.15, 0.2) is 89.9 Å². The molecule has 0 amide bonds. The van der Waals surface area contributed by atoms with Crippen LogP contribution in [-0.2, 0) is 6.54 Å². The van der Waals surface area contributed by atoms with Crippen LogP contribution in [-0.4, -0.2) is 42.5 Å². The Kier molecular flexibility index (Phi) is 7.17. The third-order valence-electron chi connectivity index (χ3n) is 5.81. The third-order valence-corrected chi connectivity index (χ3v) is 5.81. The minimum atomic E-state index is -0.643. The molecule has 182 valence electrons. The summed E-state index contributed by atoms with van der Waals surface area (Å²) in [6.45, 7) is 3.27. The molecule has 5 nitrogen and oxygen atoms in total. The molecular formula is C29H25F2N3O2. The molecule has 0 fully saturated rings. The van der Waals surface area contributed by atoms with Gasteiger partial charge in [-0.15, -0.1) is 0 Å². The number of pyridine rings is 1. The van der Waals surface area contributed by atoms with E-state index >= 15 is 0 Å². The van der Waals surface area contributed by atoms with Crippen molar-refractivity contribution in [1.82, 2.24) is 9.88 Å². The standard InChI is InChI=1S/C29H25F2N3O2/c30-23-8-11-25(27(31)18-23)26-12-13-28(33-29(26)22-4-2-1-3-5-22)36-17-16-35-24-9-6-21(7-10-24)19-34-15-14-32-20-34/h1-13,18,20H,14-17,19H2. The smallest absolute Gasteiger partial charge is 0.213 e. The van der Waals surface area contributed by atoms with Crippen molar-refractivity contribution in [3.8, 4) is 34.0 Å². The highest BCUT2D eigenvalue weighted by Crippen LogP contribution is 2.34. The van der Waals surface area contributed by atoms with E-state index in [1.165, 1.54) is 17.7 Å². The van der Waals surface area contributed by atoms with Crippen molar-refractivity contribution in [3.63, 3.8) is 0 Å². The van der Waals surface area contributed by atoms with Crippen LogP contribution >= 0.6 is 0 Å². The average molecular weight is 486 g/mol. The molecule has 4 aromatic rings. The number of nitrogens with zero attached hydrogens (tertiary/aromatic N) is 3. The minimum absolute atomic E-state index is 0.276. The molecular weight excluding hydrogens is 460 g/mol. The number of hydrogen-bond donors (Lipinski definition) is 0. The second kappa shape index (κ2) is 11.0. The average Bonchev–Trinajstić information content (AvgIpc) is 3.41. The van der Waals surface area contributed by atoms with Crippen molar-refractivity contribution >= 4 is 6.34 Å². The van der Waals surface area contributed by atoms with E-state index in [2.05, 4.69) is 14.9 Å². The number of aliphatic imine (C=N–C) groups is 1. The summed E-state index contributed by atoms with van der Waals surface area (Å²) >= 11 is 0. The summed E-state index contributed by atoms with van der Waals surface area (Å²) in [4.78, 5) is 11.0. The first kappa shape index (κ1) is 23.5. The highest BCUT2D eigenvalue weighted by atomic mass is 19.1. The largest absolute Gasteiger partial charge is 0.490 e. The summed E-state index contributed by atoms with van der Waals surface area (Å²) in [5.41, 5.74) is 3.39. The minimum Gasteiger partial charge on any atom is -0.490 e. The fourth-order valence-electron chi connectivity index (χ4n) is 4.03. The fraction of sp³-hybridized carbons (Fsp3) is 0.172. The normalized spacial score (nSPS) is 12.7. The molecule has 2 heterocycles. The number of aromatic nitrogens is 1. The monoisotopic (exact) mass is 485 g/mol. The Labute approximate surface area is 208 Å². The maximum atomic E-state index is 14.5. The number of ether oxygens (including phenoxy) is 2. The van der Waals surface area contributed by atoms with Crippen molar-refractivity contribution in [2.45, 2.75) is 6.54 Å². The Morgan fingerprint density at radius 2 is 1.58 bits per heavy atom. The van der Waals surface area contributed by atoms with Crippen molar-refractivity contribution < 1.29 is 18.3 Å². The molecule has 3 aromatic carbocycles. The van der Waals surface area contributed by atoms with E-state index < -0.39 is 11.6 Å². The van der Waals surface area contributed by atoms with Gasteiger partial charge in [-0.2, -0.15) is 0 Å². The van der Waals surface area contributed by atoms with Gasteiger partial charge in [0.05, 0.1) is 18.6 Å². The topological polar surface area (TPSA) is 47.0 Å². The molecule has 5 rings (SSSR count). The molecule has 0 spiro atoms. The molecule has 36 heavy (non-hydrogen) atoms. The number of rotatable bonds is 9. The van der Waals surface area contributed by atoms with Gasteiger partial charge >= 0.3 is 0 Å². The molecule has 0 saturated heterocycles. The van der Waals surface area contributed by atoms with Crippen LogP contribution in [0.2, 0.25) is 0 Å². The second-order valence-electron chi connectivity index (χ2n) is 8.37. The van der Waals surface area contributed by atoms with Crippen LogP contribution in [0.3, 0.4) is 0 Å². The van der Waals surface area contributed by atoms with Gasteiger partial charge in [-0.3, -0.25) is 4.99 Å². The van der Waals surface area contributed by atoms with Gasteiger partial charge < -0.3 is 14.4 Å². The fourth-order valence-corrected chi connectivity index (χ4v) is 4.03.